The van der Waals surface area contributed by atoms with Gasteiger partial charge in [0.25, 0.3) is 0 Å². The van der Waals surface area contributed by atoms with Gasteiger partial charge in [-0.1, -0.05) is 37.5 Å². The van der Waals surface area contributed by atoms with Gasteiger partial charge in [-0.05, 0) is 43.7 Å². The summed E-state index contributed by atoms with van der Waals surface area (Å²) < 4.78 is 0. The highest BCUT2D eigenvalue weighted by Crippen LogP contribution is 2.39. The largest absolute Gasteiger partial charge is 0.480 e. The van der Waals surface area contributed by atoms with E-state index < -0.39 is 36.1 Å². The van der Waals surface area contributed by atoms with E-state index >= 15 is 0 Å². The van der Waals surface area contributed by atoms with Crippen LogP contribution in [0.3, 0.4) is 0 Å². The summed E-state index contributed by atoms with van der Waals surface area (Å²) in [6.45, 7) is 1.68. The lowest BCUT2D eigenvalue weighted by Crippen LogP contribution is -2.62. The summed E-state index contributed by atoms with van der Waals surface area (Å²) in [4.78, 5) is 37.5. The molecule has 164 valence electrons. The topological polar surface area (TPSA) is 116 Å². The van der Waals surface area contributed by atoms with Crippen LogP contribution in [0.4, 0.5) is 0 Å². The first-order valence-corrected chi connectivity index (χ1v) is 11.5. The molecule has 7 nitrogen and oxygen atoms in total. The van der Waals surface area contributed by atoms with E-state index in [4.69, 9.17) is 0 Å². The zero-order valence-corrected chi connectivity index (χ0v) is 17.9. The highest BCUT2D eigenvalue weighted by Gasteiger charge is 2.45. The van der Waals surface area contributed by atoms with E-state index in [0.717, 1.165) is 30.6 Å². The summed E-state index contributed by atoms with van der Waals surface area (Å²) in [7, 11) is 0. The van der Waals surface area contributed by atoms with Gasteiger partial charge in [-0.2, -0.15) is 0 Å². The van der Waals surface area contributed by atoms with Crippen molar-refractivity contribution in [3.8, 4) is 0 Å². The Bertz CT molecular complexity index is 759. The third-order valence-corrected chi connectivity index (χ3v) is 7.36. The number of nitrogens with one attached hydrogen (secondary N) is 2. The van der Waals surface area contributed by atoms with E-state index in [1.807, 2.05) is 30.3 Å². The predicted molar refractivity (Wildman–Crippen MR) is 115 cm³/mol. The molecule has 1 heterocycles. The van der Waals surface area contributed by atoms with E-state index in [1.54, 1.807) is 6.92 Å². The number of benzene rings is 1. The van der Waals surface area contributed by atoms with E-state index in [0.29, 0.717) is 12.2 Å². The molecule has 1 saturated heterocycles. The van der Waals surface area contributed by atoms with Crippen LogP contribution in [0.2, 0.25) is 0 Å². The molecule has 0 aromatic heterocycles. The number of fused-ring (bicyclic) bond motifs is 1. The van der Waals surface area contributed by atoms with Gasteiger partial charge in [0.15, 0.2) is 5.78 Å². The highest BCUT2D eigenvalue weighted by atomic mass is 32.2. The van der Waals surface area contributed by atoms with Crippen LogP contribution in [0.15, 0.2) is 35.2 Å². The lowest BCUT2D eigenvalue weighted by atomic mass is 9.68. The smallest absolute Gasteiger partial charge is 0.321 e. The Balaban J connectivity index is 1.65. The van der Waals surface area contributed by atoms with Crippen molar-refractivity contribution in [3.05, 3.63) is 30.3 Å². The molecule has 0 radical (unpaired) electrons. The molecule has 1 aliphatic carbocycles. The Kier molecular flexibility index (Phi) is 7.91. The third-order valence-electron chi connectivity index (χ3n) is 6.26. The van der Waals surface area contributed by atoms with Gasteiger partial charge in [-0.3, -0.25) is 25.0 Å². The van der Waals surface area contributed by atoms with Gasteiger partial charge in [-0.15, -0.1) is 11.8 Å². The van der Waals surface area contributed by atoms with Crippen LogP contribution in [0, 0.1) is 11.8 Å². The van der Waals surface area contributed by atoms with Crippen molar-refractivity contribution in [2.45, 2.75) is 68.1 Å². The van der Waals surface area contributed by atoms with Crippen LogP contribution in [0.25, 0.3) is 0 Å². The van der Waals surface area contributed by atoms with Crippen LogP contribution in [0.5, 0.6) is 0 Å². The molecule has 8 heteroatoms. The maximum atomic E-state index is 13.2. The average Bonchev–Trinajstić information content (AvgIpc) is 2.75. The molecule has 0 spiro atoms. The lowest BCUT2D eigenvalue weighted by Gasteiger charge is -2.44. The monoisotopic (exact) mass is 434 g/mol. The fourth-order valence-corrected chi connectivity index (χ4v) is 5.63. The average molecular weight is 435 g/mol. The van der Waals surface area contributed by atoms with Crippen molar-refractivity contribution < 1.29 is 24.6 Å². The molecule has 0 bridgehead atoms. The second kappa shape index (κ2) is 10.4. The zero-order valence-electron chi connectivity index (χ0n) is 17.1. The standard InChI is InChI=1S/C22H30N2O5S/c1-13(23-18(22(28)29)12-30-15-8-3-2-4-9-15)20(25)19-16-10-6-5-7-14(16)11-17(24-19)21(26)27/h2-4,8-9,13-14,16-19,23-24H,5-7,10-12H2,1H3,(H,26,27)(H,28,29)/t13-,14?,16?,17?,18?,19?/m0/s1. The first kappa shape index (κ1) is 22.8. The van der Waals surface area contributed by atoms with Crippen LogP contribution in [0.1, 0.15) is 39.0 Å². The molecule has 6 atom stereocenters. The van der Waals surface area contributed by atoms with Crippen LogP contribution in [-0.4, -0.2) is 57.9 Å². The summed E-state index contributed by atoms with van der Waals surface area (Å²) in [5.74, 6) is -1.44. The van der Waals surface area contributed by atoms with E-state index in [2.05, 4.69) is 10.6 Å². The molecular formula is C22H30N2O5S. The molecule has 1 aromatic rings. The summed E-state index contributed by atoms with van der Waals surface area (Å²) in [5, 5.41) is 25.1. The number of Topliss-reactive ketones (excluding diaryl/α,β-unsaturated/α-hetero) is 1. The summed E-state index contributed by atoms with van der Waals surface area (Å²) >= 11 is 1.42. The van der Waals surface area contributed by atoms with Gasteiger partial charge in [0, 0.05) is 10.6 Å². The van der Waals surface area contributed by atoms with E-state index in [9.17, 15) is 24.6 Å². The fraction of sp³-hybridized carbons (Fsp3) is 0.591. The summed E-state index contributed by atoms with van der Waals surface area (Å²) in [5.41, 5.74) is 0. The molecule has 1 aliphatic heterocycles. The predicted octanol–water partition coefficient (Wildman–Crippen LogP) is 2.40. The van der Waals surface area contributed by atoms with Gasteiger partial charge in [0.2, 0.25) is 0 Å². The van der Waals surface area contributed by atoms with Crippen LogP contribution >= 0.6 is 11.8 Å². The molecular weight excluding hydrogens is 404 g/mol. The van der Waals surface area contributed by atoms with Crippen LogP contribution < -0.4 is 10.6 Å². The number of ketones is 1. The number of carboxylic acid groups (broad SMARTS) is 2. The molecule has 1 saturated carbocycles. The van der Waals surface area contributed by atoms with Crippen molar-refractivity contribution in [1.82, 2.24) is 10.6 Å². The van der Waals surface area contributed by atoms with E-state index in [-0.39, 0.29) is 17.6 Å². The number of piperidine rings is 1. The molecule has 4 N–H and O–H groups in total. The van der Waals surface area contributed by atoms with Crippen LogP contribution in [-0.2, 0) is 14.4 Å². The van der Waals surface area contributed by atoms with Crippen molar-refractivity contribution in [3.63, 3.8) is 0 Å². The number of hydrogen-bond donors (Lipinski definition) is 4. The van der Waals surface area contributed by atoms with Crippen molar-refractivity contribution in [1.29, 1.82) is 0 Å². The van der Waals surface area contributed by atoms with Gasteiger partial charge < -0.3 is 10.2 Å². The van der Waals surface area contributed by atoms with Gasteiger partial charge >= 0.3 is 11.9 Å². The van der Waals surface area contributed by atoms with Crippen molar-refractivity contribution in [2.75, 3.05) is 5.75 Å². The van der Waals surface area contributed by atoms with Gasteiger partial charge in [0.1, 0.15) is 12.1 Å². The minimum Gasteiger partial charge on any atom is -0.480 e. The molecule has 2 aliphatic rings. The minimum absolute atomic E-state index is 0.119. The maximum Gasteiger partial charge on any atom is 0.321 e. The SMILES string of the molecule is C[C@H](NC(CSc1ccccc1)C(=O)O)C(=O)C1NC(C(=O)O)CC2CCCCC21. The van der Waals surface area contributed by atoms with Crippen molar-refractivity contribution >= 4 is 29.5 Å². The van der Waals surface area contributed by atoms with Crippen molar-refractivity contribution in [2.24, 2.45) is 11.8 Å². The second-order valence-electron chi connectivity index (χ2n) is 8.28. The maximum absolute atomic E-state index is 13.2. The lowest BCUT2D eigenvalue weighted by molar-refractivity contribution is -0.143. The first-order chi connectivity index (χ1) is 14.4. The third kappa shape index (κ3) is 5.62. The number of aliphatic carboxylic acids is 2. The quantitative estimate of drug-likeness (QED) is 0.438. The number of carboxylic acids is 2. The Morgan fingerprint density at radius 3 is 2.53 bits per heavy atom. The van der Waals surface area contributed by atoms with Gasteiger partial charge in [0.05, 0.1) is 12.1 Å². The second-order valence-corrected chi connectivity index (χ2v) is 9.38. The molecule has 0 amide bonds. The van der Waals surface area contributed by atoms with Gasteiger partial charge in [-0.25, -0.2) is 0 Å². The minimum atomic E-state index is -1.01. The Morgan fingerprint density at radius 1 is 1.17 bits per heavy atom. The summed E-state index contributed by atoms with van der Waals surface area (Å²) in [6.07, 6.45) is 4.52. The fourth-order valence-electron chi connectivity index (χ4n) is 4.68. The molecule has 1 aromatic carbocycles. The number of carbonyl (C=O) groups is 3. The Hall–Kier alpha value is -1.90. The van der Waals surface area contributed by atoms with E-state index in [1.165, 1.54) is 11.8 Å². The summed E-state index contributed by atoms with van der Waals surface area (Å²) in [6, 6.07) is 6.68. The molecule has 3 rings (SSSR count). The normalized spacial score (nSPS) is 28.2. The molecule has 2 fully saturated rings. The Morgan fingerprint density at radius 2 is 1.87 bits per heavy atom. The number of hydrogen-bond acceptors (Lipinski definition) is 6. The highest BCUT2D eigenvalue weighted by molar-refractivity contribution is 7.99. The number of rotatable bonds is 9. The Labute approximate surface area is 181 Å². The number of thioether (sulfide) groups is 1. The zero-order chi connectivity index (χ0) is 21.7. The number of carbonyl (C=O) groups excluding carboxylic acids is 1. The molecule has 5 unspecified atom stereocenters. The molecule has 30 heavy (non-hydrogen) atoms. The first-order valence-electron chi connectivity index (χ1n) is 10.6.